The summed E-state index contributed by atoms with van der Waals surface area (Å²) >= 11 is 0. The van der Waals surface area contributed by atoms with Crippen molar-refractivity contribution < 1.29 is 0 Å². The van der Waals surface area contributed by atoms with Crippen LogP contribution in [0.3, 0.4) is 0 Å². The summed E-state index contributed by atoms with van der Waals surface area (Å²) in [5, 5.41) is 3.69. The van der Waals surface area contributed by atoms with E-state index < -0.39 is 0 Å². The Kier molecular flexibility index (Phi) is 3.60. The van der Waals surface area contributed by atoms with Gasteiger partial charge in [-0.05, 0) is 24.2 Å². The van der Waals surface area contributed by atoms with Gasteiger partial charge in [0.1, 0.15) is 0 Å². The predicted octanol–water partition coefficient (Wildman–Crippen LogP) is 2.49. The molecule has 2 rings (SSSR count). The van der Waals surface area contributed by atoms with Crippen molar-refractivity contribution in [2.45, 2.75) is 59.0 Å². The lowest BCUT2D eigenvalue weighted by molar-refractivity contribution is 0.0841. The van der Waals surface area contributed by atoms with Crippen LogP contribution in [0, 0.1) is 11.3 Å². The molecule has 3 unspecified atom stereocenters. The van der Waals surface area contributed by atoms with E-state index in [2.05, 4.69) is 37.9 Å². The average molecular weight is 224 g/mol. The molecule has 2 heteroatoms. The molecule has 2 nitrogen and oxygen atoms in total. The fraction of sp³-hybridized carbons (Fsp3) is 1.00. The molecule has 1 N–H and O–H groups in total. The van der Waals surface area contributed by atoms with Crippen LogP contribution in [0.2, 0.25) is 0 Å². The molecule has 0 aromatic rings. The summed E-state index contributed by atoms with van der Waals surface area (Å²) < 4.78 is 0. The summed E-state index contributed by atoms with van der Waals surface area (Å²) in [5.41, 5.74) is 0.389. The van der Waals surface area contributed by atoms with Gasteiger partial charge in [-0.1, -0.05) is 34.1 Å². The summed E-state index contributed by atoms with van der Waals surface area (Å²) in [5.74, 6) is 0.915. The zero-order valence-corrected chi connectivity index (χ0v) is 11.4. The zero-order valence-electron chi connectivity index (χ0n) is 11.4. The number of nitrogens with zero attached hydrogens (tertiary/aromatic N) is 1. The smallest absolute Gasteiger partial charge is 0.0244 e. The van der Waals surface area contributed by atoms with Gasteiger partial charge >= 0.3 is 0 Å². The maximum Gasteiger partial charge on any atom is 0.0244 e. The van der Waals surface area contributed by atoms with Gasteiger partial charge in [0.05, 0.1) is 0 Å². The van der Waals surface area contributed by atoms with Crippen molar-refractivity contribution in [3.63, 3.8) is 0 Å². The predicted molar refractivity (Wildman–Crippen MR) is 69.6 cm³/mol. The van der Waals surface area contributed by atoms with Gasteiger partial charge in [-0.15, -0.1) is 0 Å². The van der Waals surface area contributed by atoms with Crippen LogP contribution in [0.5, 0.6) is 0 Å². The number of rotatable bonds is 1. The molecule has 1 saturated heterocycles. The highest BCUT2D eigenvalue weighted by atomic mass is 15.2. The van der Waals surface area contributed by atoms with Gasteiger partial charge in [-0.2, -0.15) is 0 Å². The van der Waals surface area contributed by atoms with Crippen molar-refractivity contribution in [3.8, 4) is 0 Å². The van der Waals surface area contributed by atoms with Crippen LogP contribution < -0.4 is 5.32 Å². The van der Waals surface area contributed by atoms with Gasteiger partial charge in [0.2, 0.25) is 0 Å². The summed E-state index contributed by atoms with van der Waals surface area (Å²) in [6, 6.07) is 1.53. The van der Waals surface area contributed by atoms with Crippen molar-refractivity contribution in [1.29, 1.82) is 0 Å². The van der Waals surface area contributed by atoms with Gasteiger partial charge < -0.3 is 5.32 Å². The lowest BCUT2D eigenvalue weighted by Crippen LogP contribution is -2.58. The molecular weight excluding hydrogens is 196 g/mol. The van der Waals surface area contributed by atoms with Crippen molar-refractivity contribution in [2.75, 3.05) is 19.6 Å². The maximum atomic E-state index is 3.69. The van der Waals surface area contributed by atoms with Gasteiger partial charge in [-0.3, -0.25) is 4.90 Å². The van der Waals surface area contributed by atoms with E-state index in [4.69, 9.17) is 0 Å². The summed E-state index contributed by atoms with van der Waals surface area (Å²) in [6.45, 7) is 13.2. The highest BCUT2D eigenvalue weighted by Gasteiger charge is 2.35. The monoisotopic (exact) mass is 224 g/mol. The Bertz CT molecular complexity index is 231. The van der Waals surface area contributed by atoms with E-state index in [-0.39, 0.29) is 0 Å². The molecule has 1 aliphatic carbocycles. The van der Waals surface area contributed by atoms with Crippen LogP contribution >= 0.6 is 0 Å². The van der Waals surface area contributed by atoms with E-state index in [0.717, 1.165) is 12.0 Å². The highest BCUT2D eigenvalue weighted by molar-refractivity contribution is 4.92. The van der Waals surface area contributed by atoms with Crippen molar-refractivity contribution in [3.05, 3.63) is 0 Å². The molecule has 16 heavy (non-hydrogen) atoms. The van der Waals surface area contributed by atoms with E-state index >= 15 is 0 Å². The molecule has 2 fully saturated rings. The minimum atomic E-state index is 0.389. The highest BCUT2D eigenvalue weighted by Crippen LogP contribution is 2.31. The Morgan fingerprint density at radius 2 is 1.94 bits per heavy atom. The fourth-order valence-electron chi connectivity index (χ4n) is 3.32. The molecule has 94 valence electrons. The Morgan fingerprint density at radius 3 is 2.50 bits per heavy atom. The molecule has 0 bridgehead atoms. The van der Waals surface area contributed by atoms with E-state index in [1.54, 1.807) is 0 Å². The number of piperazine rings is 1. The maximum absolute atomic E-state index is 3.69. The third-order valence-electron chi connectivity index (χ3n) is 4.54. The fourth-order valence-corrected chi connectivity index (χ4v) is 3.32. The van der Waals surface area contributed by atoms with Crippen LogP contribution in [0.4, 0.5) is 0 Å². The first-order valence-electron chi connectivity index (χ1n) is 6.96. The molecule has 1 saturated carbocycles. The lowest BCUT2D eigenvalue weighted by Gasteiger charge is -2.44. The molecule has 0 amide bonds. The van der Waals surface area contributed by atoms with E-state index in [1.807, 2.05) is 0 Å². The quantitative estimate of drug-likeness (QED) is 0.736. The van der Waals surface area contributed by atoms with Crippen LogP contribution in [0.25, 0.3) is 0 Å². The minimum Gasteiger partial charge on any atom is -0.311 e. The number of hydrogen-bond acceptors (Lipinski definition) is 2. The second kappa shape index (κ2) is 4.66. The molecule has 0 radical (unpaired) electrons. The molecule has 2 aliphatic rings. The molecule has 0 spiro atoms. The van der Waals surface area contributed by atoms with Crippen LogP contribution in [-0.2, 0) is 0 Å². The van der Waals surface area contributed by atoms with Gasteiger partial charge in [-0.25, -0.2) is 0 Å². The number of hydrogen-bond donors (Lipinski definition) is 1. The molecule has 0 aromatic heterocycles. The third kappa shape index (κ3) is 2.60. The third-order valence-corrected chi connectivity index (χ3v) is 4.54. The summed E-state index contributed by atoms with van der Waals surface area (Å²) in [4.78, 5) is 2.75. The van der Waals surface area contributed by atoms with E-state index in [0.29, 0.717) is 11.5 Å². The molecule has 3 atom stereocenters. The summed E-state index contributed by atoms with van der Waals surface area (Å²) in [6.07, 6.45) is 4.31. The van der Waals surface area contributed by atoms with Gasteiger partial charge in [0, 0.05) is 31.7 Å². The van der Waals surface area contributed by atoms with Crippen molar-refractivity contribution in [2.24, 2.45) is 11.3 Å². The normalized spacial score (nSPS) is 37.9. The second-order valence-corrected chi connectivity index (χ2v) is 6.84. The molecule has 1 aliphatic heterocycles. The Morgan fingerprint density at radius 1 is 1.19 bits per heavy atom. The Hall–Kier alpha value is -0.0800. The van der Waals surface area contributed by atoms with Gasteiger partial charge in [0.15, 0.2) is 0 Å². The molecule has 0 aromatic carbocycles. The van der Waals surface area contributed by atoms with Crippen LogP contribution in [-0.4, -0.2) is 36.6 Å². The van der Waals surface area contributed by atoms with Crippen molar-refractivity contribution in [1.82, 2.24) is 10.2 Å². The Balaban J connectivity index is 1.96. The first-order chi connectivity index (χ1) is 7.48. The zero-order chi connectivity index (χ0) is 11.8. The van der Waals surface area contributed by atoms with E-state index in [9.17, 15) is 0 Å². The molecule has 1 heterocycles. The van der Waals surface area contributed by atoms with Crippen LogP contribution in [0.1, 0.15) is 47.0 Å². The average Bonchev–Trinajstić information content (AvgIpc) is 2.63. The topological polar surface area (TPSA) is 15.3 Å². The number of nitrogens with one attached hydrogen (secondary N) is 1. The largest absolute Gasteiger partial charge is 0.311 e. The SMILES string of the molecule is CC1CCCC1N1CCNC(C(C)(C)C)C1. The van der Waals surface area contributed by atoms with Crippen molar-refractivity contribution >= 4 is 0 Å². The summed E-state index contributed by atoms with van der Waals surface area (Å²) in [7, 11) is 0. The van der Waals surface area contributed by atoms with Crippen LogP contribution in [0.15, 0.2) is 0 Å². The second-order valence-electron chi connectivity index (χ2n) is 6.84. The Labute approximate surface area is 101 Å². The van der Waals surface area contributed by atoms with Gasteiger partial charge in [0.25, 0.3) is 0 Å². The first-order valence-corrected chi connectivity index (χ1v) is 6.96. The molecular formula is C14H28N2. The minimum absolute atomic E-state index is 0.389. The standard InChI is InChI=1S/C14H28N2/c1-11-6-5-7-12(11)16-9-8-15-13(10-16)14(2,3)4/h11-13,15H,5-10H2,1-4H3. The van der Waals surface area contributed by atoms with E-state index in [1.165, 1.54) is 38.9 Å². The lowest BCUT2D eigenvalue weighted by atomic mass is 9.85. The first kappa shape index (κ1) is 12.4.